The Balaban J connectivity index is 0.00000148. The van der Waals surface area contributed by atoms with Crippen LogP contribution >= 0.6 is 0 Å². The highest BCUT2D eigenvalue weighted by Crippen LogP contribution is 2.28. The van der Waals surface area contributed by atoms with Gasteiger partial charge in [-0.05, 0) is 54.5 Å². The van der Waals surface area contributed by atoms with Gasteiger partial charge in [-0.1, -0.05) is 30.3 Å². The number of rotatable bonds is 12. The third kappa shape index (κ3) is 11.5. The molecule has 1 saturated carbocycles. The third-order valence-corrected chi connectivity index (χ3v) is 9.21. The Bertz CT molecular complexity index is 1610. The standard InChI is InChI=1S/C29H39N7O7S.C2H4O2/c1-43-28(40)26(38)32-12-14-36(22-9-10-22)27(39)24(16-25(37)33-17-19-5-4-13-35(18-19)29(30)31)34-44(41,42)23-11-8-20-6-2-3-7-21(20)15-23;1-2(3)4/h2-3,6-8,11,15,19,22,24,34H,4-5,9-10,12-14,16-18H2,1H3,(H3,30,31)(H,32,38)(H,33,37);1H3,(H,3,4)/t19-,24-;/m0./s1. The highest BCUT2D eigenvalue weighted by atomic mass is 32.2. The van der Waals surface area contributed by atoms with E-state index in [2.05, 4.69) is 20.1 Å². The minimum Gasteiger partial charge on any atom is -0.481 e. The molecule has 0 bridgehead atoms. The van der Waals surface area contributed by atoms with Crippen LogP contribution < -0.4 is 21.1 Å². The number of esters is 1. The fourth-order valence-corrected chi connectivity index (χ4v) is 6.47. The lowest BCUT2D eigenvalue weighted by atomic mass is 9.98. The zero-order valence-corrected chi connectivity index (χ0v) is 27.8. The number of ether oxygens (including phenoxy) is 1. The molecule has 7 N–H and O–H groups in total. The molecule has 0 aromatic heterocycles. The van der Waals surface area contributed by atoms with E-state index in [1.807, 2.05) is 12.1 Å². The summed E-state index contributed by atoms with van der Waals surface area (Å²) in [6.45, 7) is 2.49. The molecule has 17 heteroatoms. The van der Waals surface area contributed by atoms with Crippen LogP contribution in [0.25, 0.3) is 10.8 Å². The number of benzene rings is 2. The summed E-state index contributed by atoms with van der Waals surface area (Å²) in [5.41, 5.74) is 5.62. The summed E-state index contributed by atoms with van der Waals surface area (Å²) < 4.78 is 33.9. The number of piperidine rings is 1. The number of hydrogen-bond acceptors (Lipinski definition) is 9. The zero-order valence-electron chi connectivity index (χ0n) is 26.9. The second-order valence-corrected chi connectivity index (χ2v) is 13.3. The lowest BCUT2D eigenvalue weighted by Crippen LogP contribution is -2.53. The number of nitrogens with two attached hydrogens (primary N) is 1. The lowest BCUT2D eigenvalue weighted by molar-refractivity contribution is -0.152. The van der Waals surface area contributed by atoms with Crippen LogP contribution in [-0.4, -0.2) is 111 Å². The van der Waals surface area contributed by atoms with Crippen molar-refractivity contribution in [2.75, 3.05) is 39.8 Å². The number of amides is 3. The van der Waals surface area contributed by atoms with E-state index in [-0.39, 0.29) is 42.4 Å². The number of guanidine groups is 1. The number of sulfonamides is 1. The molecule has 2 fully saturated rings. The summed E-state index contributed by atoms with van der Waals surface area (Å²) in [7, 11) is -3.16. The number of fused-ring (bicyclic) bond motifs is 1. The molecule has 1 heterocycles. The number of nitrogens with zero attached hydrogens (tertiary/aromatic N) is 2. The van der Waals surface area contributed by atoms with E-state index in [0.29, 0.717) is 31.3 Å². The van der Waals surface area contributed by atoms with E-state index >= 15 is 0 Å². The van der Waals surface area contributed by atoms with Crippen LogP contribution in [-0.2, 0) is 38.7 Å². The molecule has 2 aliphatic rings. The van der Waals surface area contributed by atoms with Gasteiger partial charge in [0.1, 0.15) is 6.04 Å². The maximum absolute atomic E-state index is 13.8. The average molecular weight is 690 g/mol. The van der Waals surface area contributed by atoms with Crippen LogP contribution in [0.2, 0.25) is 0 Å². The molecule has 1 saturated heterocycles. The first-order valence-corrected chi connectivity index (χ1v) is 16.9. The summed E-state index contributed by atoms with van der Waals surface area (Å²) in [6, 6.07) is 10.3. The van der Waals surface area contributed by atoms with E-state index < -0.39 is 52.1 Å². The van der Waals surface area contributed by atoms with Crippen molar-refractivity contribution < 1.29 is 42.2 Å². The number of carbonyl (C=O) groups is 5. The Morgan fingerprint density at radius 2 is 1.75 bits per heavy atom. The van der Waals surface area contributed by atoms with Gasteiger partial charge in [0, 0.05) is 45.7 Å². The molecule has 1 aliphatic heterocycles. The van der Waals surface area contributed by atoms with Crippen LogP contribution in [0.5, 0.6) is 0 Å². The van der Waals surface area contributed by atoms with Gasteiger partial charge >= 0.3 is 11.9 Å². The first-order valence-electron chi connectivity index (χ1n) is 15.4. The van der Waals surface area contributed by atoms with Gasteiger partial charge in [-0.3, -0.25) is 24.6 Å². The summed E-state index contributed by atoms with van der Waals surface area (Å²) in [5, 5.41) is 21.8. The summed E-state index contributed by atoms with van der Waals surface area (Å²) in [4.78, 5) is 62.4. The van der Waals surface area contributed by atoms with Gasteiger partial charge in [-0.15, -0.1) is 0 Å². The van der Waals surface area contributed by atoms with Gasteiger partial charge in [0.2, 0.25) is 21.8 Å². The molecule has 2 aromatic rings. The molecule has 0 spiro atoms. The second-order valence-electron chi connectivity index (χ2n) is 11.6. The largest absolute Gasteiger partial charge is 0.481 e. The Morgan fingerprint density at radius 3 is 2.38 bits per heavy atom. The number of carboxylic acids is 1. The van der Waals surface area contributed by atoms with Gasteiger partial charge in [-0.2, -0.15) is 4.72 Å². The predicted molar refractivity (Wildman–Crippen MR) is 175 cm³/mol. The number of methoxy groups -OCH3 is 1. The van der Waals surface area contributed by atoms with Crippen LogP contribution in [0.3, 0.4) is 0 Å². The van der Waals surface area contributed by atoms with Gasteiger partial charge in [0.15, 0.2) is 5.96 Å². The van der Waals surface area contributed by atoms with E-state index in [1.165, 1.54) is 17.0 Å². The van der Waals surface area contributed by atoms with Gasteiger partial charge in [0.05, 0.1) is 18.4 Å². The second kappa shape index (κ2) is 17.4. The van der Waals surface area contributed by atoms with Crippen LogP contribution in [0.4, 0.5) is 0 Å². The van der Waals surface area contributed by atoms with E-state index in [4.69, 9.17) is 21.0 Å². The van der Waals surface area contributed by atoms with Crippen molar-refractivity contribution in [2.24, 2.45) is 11.7 Å². The zero-order chi connectivity index (χ0) is 35.4. The quantitative estimate of drug-likeness (QED) is 0.0748. The number of carbonyl (C=O) groups excluding carboxylic acids is 4. The maximum Gasteiger partial charge on any atom is 0.396 e. The fourth-order valence-electron chi connectivity index (χ4n) is 5.25. The van der Waals surface area contributed by atoms with Crippen molar-refractivity contribution in [2.45, 2.75) is 56.0 Å². The van der Waals surface area contributed by atoms with Crippen LogP contribution in [0.1, 0.15) is 39.0 Å². The Hall–Kier alpha value is -4.77. The van der Waals surface area contributed by atoms with Crippen LogP contribution in [0, 0.1) is 11.3 Å². The van der Waals surface area contributed by atoms with Gasteiger partial charge in [0.25, 0.3) is 5.97 Å². The molecule has 0 unspecified atom stereocenters. The molecular weight excluding hydrogens is 646 g/mol. The molecular formula is C31H43N7O9S. The minimum atomic E-state index is -4.23. The Labute approximate surface area is 278 Å². The maximum atomic E-state index is 13.8. The Kier molecular flexibility index (Phi) is 13.7. The van der Waals surface area contributed by atoms with Crippen molar-refractivity contribution in [3.8, 4) is 0 Å². The summed E-state index contributed by atoms with van der Waals surface area (Å²) >= 11 is 0. The molecule has 0 radical (unpaired) electrons. The number of likely N-dealkylation sites (tertiary alicyclic amines) is 1. The van der Waals surface area contributed by atoms with Gasteiger partial charge in [-0.25, -0.2) is 13.2 Å². The SMILES string of the molecule is CC(=O)O.COC(=O)C(=O)NCCN(C(=O)[C@H](CC(=O)NC[C@@H]1CCCN(C(=N)N)C1)NS(=O)(=O)c1ccc2ccccc2c1)C1CC1. The van der Waals surface area contributed by atoms with E-state index in [9.17, 15) is 27.6 Å². The Morgan fingerprint density at radius 1 is 1.08 bits per heavy atom. The smallest absolute Gasteiger partial charge is 0.396 e. The topological polar surface area (TPSA) is 241 Å². The number of aliphatic carboxylic acids is 1. The van der Waals surface area contributed by atoms with Crippen molar-refractivity contribution in [3.05, 3.63) is 42.5 Å². The van der Waals surface area contributed by atoms with Crippen molar-refractivity contribution >= 4 is 56.4 Å². The number of carboxylic acid groups (broad SMARTS) is 1. The van der Waals surface area contributed by atoms with E-state index in [1.54, 1.807) is 23.1 Å². The summed E-state index contributed by atoms with van der Waals surface area (Å²) in [6.07, 6.45) is 2.55. The first-order chi connectivity index (χ1) is 22.7. The van der Waals surface area contributed by atoms with Crippen molar-refractivity contribution in [3.63, 3.8) is 0 Å². The number of hydrogen-bond donors (Lipinski definition) is 6. The average Bonchev–Trinajstić information content (AvgIpc) is 3.89. The first kappa shape index (κ1) is 37.7. The lowest BCUT2D eigenvalue weighted by Gasteiger charge is -2.33. The van der Waals surface area contributed by atoms with Crippen LogP contribution in [0.15, 0.2) is 47.4 Å². The monoisotopic (exact) mass is 689 g/mol. The highest BCUT2D eigenvalue weighted by molar-refractivity contribution is 7.89. The summed E-state index contributed by atoms with van der Waals surface area (Å²) in [5.74, 6) is -3.98. The molecule has 16 nitrogen and oxygen atoms in total. The van der Waals surface area contributed by atoms with Crippen molar-refractivity contribution in [1.29, 1.82) is 5.41 Å². The molecule has 4 rings (SSSR count). The van der Waals surface area contributed by atoms with E-state index in [0.717, 1.165) is 32.3 Å². The molecule has 262 valence electrons. The fraction of sp³-hybridized carbons (Fsp3) is 0.484. The molecule has 2 aromatic carbocycles. The number of nitrogens with one attached hydrogen (secondary N) is 4. The molecule has 3 amide bonds. The predicted octanol–water partition coefficient (Wildman–Crippen LogP) is -0.0304. The molecule has 48 heavy (non-hydrogen) atoms. The minimum absolute atomic E-state index is 0.00497. The molecule has 1 aliphatic carbocycles. The van der Waals surface area contributed by atoms with Gasteiger partial charge < -0.3 is 36.0 Å². The molecule has 2 atom stereocenters. The van der Waals surface area contributed by atoms with Crippen molar-refractivity contribution in [1.82, 2.24) is 25.2 Å². The third-order valence-electron chi connectivity index (χ3n) is 7.74. The normalized spacial score (nSPS) is 16.5. The highest BCUT2D eigenvalue weighted by Gasteiger charge is 2.38.